The highest BCUT2D eigenvalue weighted by Crippen LogP contribution is 2.27. The Bertz CT molecular complexity index is 765. The number of carbonyl (C=O) groups is 2. The summed E-state index contributed by atoms with van der Waals surface area (Å²) >= 11 is 6.02. The standard InChI is InChI=1S/C18H15ClO3/c1-2-22-18(21)13-6-4-11-3-5-12-9-14(19)7-8-15(12)17(20)16(11)10-13/h4,6-10H,2-3,5H2,1H3. The smallest absolute Gasteiger partial charge is 0.338 e. The van der Waals surface area contributed by atoms with Gasteiger partial charge in [-0.05, 0) is 61.2 Å². The number of ether oxygens (including phenoxy) is 1. The van der Waals surface area contributed by atoms with Gasteiger partial charge < -0.3 is 4.74 Å². The summed E-state index contributed by atoms with van der Waals surface area (Å²) in [5, 5.41) is 0.629. The Labute approximate surface area is 133 Å². The molecule has 0 aromatic heterocycles. The van der Waals surface area contributed by atoms with Crippen LogP contribution in [0.15, 0.2) is 36.4 Å². The summed E-state index contributed by atoms with van der Waals surface area (Å²) in [6, 6.07) is 10.5. The number of fused-ring (bicyclic) bond motifs is 2. The van der Waals surface area contributed by atoms with Gasteiger partial charge in [0, 0.05) is 16.1 Å². The zero-order valence-electron chi connectivity index (χ0n) is 12.2. The minimum Gasteiger partial charge on any atom is -0.462 e. The molecule has 0 bridgehead atoms. The molecule has 112 valence electrons. The van der Waals surface area contributed by atoms with Gasteiger partial charge in [-0.25, -0.2) is 4.79 Å². The van der Waals surface area contributed by atoms with Crippen LogP contribution in [-0.2, 0) is 17.6 Å². The maximum absolute atomic E-state index is 12.8. The van der Waals surface area contributed by atoms with Crippen molar-refractivity contribution >= 4 is 23.4 Å². The number of hydrogen-bond donors (Lipinski definition) is 0. The normalized spacial score (nSPS) is 13.1. The molecule has 0 spiro atoms. The Hall–Kier alpha value is -2.13. The Balaban J connectivity index is 2.07. The number of ketones is 1. The van der Waals surface area contributed by atoms with Crippen LogP contribution in [0.1, 0.15) is 44.3 Å². The van der Waals surface area contributed by atoms with Crippen molar-refractivity contribution in [2.24, 2.45) is 0 Å². The molecule has 3 nitrogen and oxygen atoms in total. The van der Waals surface area contributed by atoms with E-state index in [1.807, 2.05) is 12.1 Å². The summed E-state index contributed by atoms with van der Waals surface area (Å²) in [5.74, 6) is -0.469. The zero-order valence-corrected chi connectivity index (χ0v) is 12.9. The molecule has 0 amide bonds. The summed E-state index contributed by atoms with van der Waals surface area (Å²) in [5.41, 5.74) is 3.54. The fourth-order valence-corrected chi connectivity index (χ4v) is 2.95. The zero-order chi connectivity index (χ0) is 15.7. The molecule has 22 heavy (non-hydrogen) atoms. The molecule has 0 aliphatic heterocycles. The molecule has 1 aliphatic rings. The van der Waals surface area contributed by atoms with E-state index in [2.05, 4.69) is 0 Å². The van der Waals surface area contributed by atoms with Crippen LogP contribution in [-0.4, -0.2) is 18.4 Å². The van der Waals surface area contributed by atoms with Gasteiger partial charge in [0.1, 0.15) is 0 Å². The Morgan fingerprint density at radius 1 is 1.09 bits per heavy atom. The van der Waals surface area contributed by atoms with Crippen molar-refractivity contribution in [1.82, 2.24) is 0 Å². The molecular weight excluding hydrogens is 300 g/mol. The molecule has 0 unspecified atom stereocenters. The molecule has 0 fully saturated rings. The lowest BCUT2D eigenvalue weighted by molar-refractivity contribution is 0.0526. The van der Waals surface area contributed by atoms with Crippen LogP contribution >= 0.6 is 11.6 Å². The molecule has 3 rings (SSSR count). The van der Waals surface area contributed by atoms with Crippen LogP contribution in [0.5, 0.6) is 0 Å². The highest BCUT2D eigenvalue weighted by atomic mass is 35.5. The summed E-state index contributed by atoms with van der Waals surface area (Å²) in [4.78, 5) is 24.6. The molecule has 1 aliphatic carbocycles. The van der Waals surface area contributed by atoms with Crippen molar-refractivity contribution in [3.05, 3.63) is 69.2 Å². The molecule has 0 saturated carbocycles. The van der Waals surface area contributed by atoms with Gasteiger partial charge in [-0.15, -0.1) is 0 Å². The molecule has 4 heteroatoms. The molecule has 2 aromatic rings. The number of aryl methyl sites for hydroxylation is 2. The Morgan fingerprint density at radius 3 is 2.64 bits per heavy atom. The maximum atomic E-state index is 12.8. The van der Waals surface area contributed by atoms with Crippen LogP contribution in [0, 0.1) is 0 Å². The van der Waals surface area contributed by atoms with Gasteiger partial charge in [0.25, 0.3) is 0 Å². The first-order valence-electron chi connectivity index (χ1n) is 7.23. The van der Waals surface area contributed by atoms with Gasteiger partial charge in [-0.3, -0.25) is 4.79 Å². The summed E-state index contributed by atoms with van der Waals surface area (Å²) in [6.07, 6.45) is 1.50. The summed E-state index contributed by atoms with van der Waals surface area (Å²) in [7, 11) is 0. The third-order valence-electron chi connectivity index (χ3n) is 3.84. The highest BCUT2D eigenvalue weighted by Gasteiger charge is 2.22. The average Bonchev–Trinajstić information content (AvgIpc) is 2.65. The predicted octanol–water partition coefficient (Wildman–Crippen LogP) is 3.85. The monoisotopic (exact) mass is 314 g/mol. The van der Waals surface area contributed by atoms with Crippen LogP contribution in [0.3, 0.4) is 0 Å². The molecule has 0 atom stereocenters. The van der Waals surface area contributed by atoms with E-state index in [4.69, 9.17) is 16.3 Å². The quantitative estimate of drug-likeness (QED) is 0.791. The number of hydrogen-bond acceptors (Lipinski definition) is 3. The fourth-order valence-electron chi connectivity index (χ4n) is 2.75. The van der Waals surface area contributed by atoms with Gasteiger partial charge in [-0.2, -0.15) is 0 Å². The Morgan fingerprint density at radius 2 is 1.86 bits per heavy atom. The van der Waals surface area contributed by atoms with Crippen molar-refractivity contribution in [3.8, 4) is 0 Å². The van der Waals surface area contributed by atoms with Crippen molar-refractivity contribution in [2.75, 3.05) is 6.61 Å². The first-order chi connectivity index (χ1) is 10.6. The van der Waals surface area contributed by atoms with Crippen LogP contribution < -0.4 is 0 Å². The molecule has 0 N–H and O–H groups in total. The van der Waals surface area contributed by atoms with Gasteiger partial charge in [0.15, 0.2) is 5.78 Å². The SMILES string of the molecule is CCOC(=O)c1ccc2c(c1)C(=O)c1ccc(Cl)cc1CC2. The van der Waals surface area contributed by atoms with E-state index in [1.54, 1.807) is 31.2 Å². The minimum atomic E-state index is -0.404. The highest BCUT2D eigenvalue weighted by molar-refractivity contribution is 6.30. The number of halogens is 1. The Kier molecular flexibility index (Phi) is 3.99. The molecule has 0 saturated heterocycles. The van der Waals surface area contributed by atoms with E-state index in [9.17, 15) is 9.59 Å². The number of carbonyl (C=O) groups excluding carboxylic acids is 2. The lowest BCUT2D eigenvalue weighted by Crippen LogP contribution is -2.09. The number of benzene rings is 2. The van der Waals surface area contributed by atoms with Gasteiger partial charge in [-0.1, -0.05) is 17.7 Å². The van der Waals surface area contributed by atoms with Gasteiger partial charge in [0.2, 0.25) is 0 Å². The topological polar surface area (TPSA) is 43.4 Å². The van der Waals surface area contributed by atoms with Crippen LogP contribution in [0.25, 0.3) is 0 Å². The van der Waals surface area contributed by atoms with Crippen molar-refractivity contribution < 1.29 is 14.3 Å². The molecule has 0 heterocycles. The number of esters is 1. The van der Waals surface area contributed by atoms with Crippen LogP contribution in [0.4, 0.5) is 0 Å². The lowest BCUT2D eigenvalue weighted by atomic mass is 9.97. The van der Waals surface area contributed by atoms with Gasteiger partial charge >= 0.3 is 5.97 Å². The fraction of sp³-hybridized carbons (Fsp3) is 0.222. The lowest BCUT2D eigenvalue weighted by Gasteiger charge is -2.08. The first-order valence-corrected chi connectivity index (χ1v) is 7.61. The summed E-state index contributed by atoms with van der Waals surface area (Å²) in [6.45, 7) is 2.07. The van der Waals surface area contributed by atoms with Crippen molar-refractivity contribution in [2.45, 2.75) is 19.8 Å². The van der Waals surface area contributed by atoms with E-state index in [-0.39, 0.29) is 5.78 Å². The maximum Gasteiger partial charge on any atom is 0.338 e. The van der Waals surface area contributed by atoms with E-state index in [0.29, 0.717) is 28.3 Å². The second kappa shape index (κ2) is 5.93. The second-order valence-electron chi connectivity index (χ2n) is 5.22. The first kappa shape index (κ1) is 14.8. The predicted molar refractivity (Wildman–Crippen MR) is 84.7 cm³/mol. The van der Waals surface area contributed by atoms with Crippen molar-refractivity contribution in [1.29, 1.82) is 0 Å². The van der Waals surface area contributed by atoms with E-state index in [1.165, 1.54) is 0 Å². The molecular formula is C18H15ClO3. The van der Waals surface area contributed by atoms with E-state index >= 15 is 0 Å². The molecule has 2 aromatic carbocycles. The molecule has 0 radical (unpaired) electrons. The minimum absolute atomic E-state index is 0.0645. The largest absolute Gasteiger partial charge is 0.462 e. The third-order valence-corrected chi connectivity index (χ3v) is 4.08. The van der Waals surface area contributed by atoms with Crippen LogP contribution in [0.2, 0.25) is 5.02 Å². The van der Waals surface area contributed by atoms with E-state index < -0.39 is 5.97 Å². The van der Waals surface area contributed by atoms with Crippen molar-refractivity contribution in [3.63, 3.8) is 0 Å². The summed E-state index contributed by atoms with van der Waals surface area (Å²) < 4.78 is 5.00. The third kappa shape index (κ3) is 2.64. The average molecular weight is 315 g/mol. The number of rotatable bonds is 2. The van der Waals surface area contributed by atoms with Gasteiger partial charge in [0.05, 0.1) is 12.2 Å². The van der Waals surface area contributed by atoms with E-state index in [0.717, 1.165) is 24.0 Å². The second-order valence-corrected chi connectivity index (χ2v) is 5.66.